The van der Waals surface area contributed by atoms with Gasteiger partial charge < -0.3 is 20.3 Å². The number of aryl methyl sites for hydroxylation is 1. The summed E-state index contributed by atoms with van der Waals surface area (Å²) in [4.78, 5) is 39.1. The third-order valence-corrected chi connectivity index (χ3v) is 5.28. The number of ether oxygens (including phenoxy) is 1. The average Bonchev–Trinajstić information content (AvgIpc) is 3.17. The molecule has 1 aromatic carbocycles. The van der Waals surface area contributed by atoms with E-state index < -0.39 is 11.7 Å². The minimum absolute atomic E-state index is 0.121. The number of benzene rings is 1. The summed E-state index contributed by atoms with van der Waals surface area (Å²) in [7, 11) is 0. The van der Waals surface area contributed by atoms with Crippen LogP contribution in [0.3, 0.4) is 0 Å². The fraction of sp³-hybridized carbons (Fsp3) is 0.500. The van der Waals surface area contributed by atoms with E-state index in [9.17, 15) is 14.4 Å². The maximum absolute atomic E-state index is 13.1. The molecule has 9 nitrogen and oxygen atoms in total. The van der Waals surface area contributed by atoms with Gasteiger partial charge in [0.05, 0.1) is 11.6 Å². The zero-order chi connectivity index (χ0) is 24.0. The molecule has 0 saturated carbocycles. The van der Waals surface area contributed by atoms with Crippen LogP contribution in [0.15, 0.2) is 36.4 Å². The number of alkyl carbamates (subject to hydrolysis) is 1. The van der Waals surface area contributed by atoms with E-state index in [-0.39, 0.29) is 24.3 Å². The van der Waals surface area contributed by atoms with Crippen molar-refractivity contribution in [1.29, 1.82) is 0 Å². The first-order valence-electron chi connectivity index (χ1n) is 11.3. The predicted octanol–water partition coefficient (Wildman–Crippen LogP) is 2.67. The molecule has 0 aliphatic carbocycles. The molecule has 0 radical (unpaired) electrons. The Morgan fingerprint density at radius 2 is 1.82 bits per heavy atom. The van der Waals surface area contributed by atoms with Gasteiger partial charge in [0, 0.05) is 31.9 Å². The van der Waals surface area contributed by atoms with E-state index in [1.54, 1.807) is 36.4 Å². The first kappa shape index (κ1) is 24.3. The van der Waals surface area contributed by atoms with Gasteiger partial charge in [-0.3, -0.25) is 9.59 Å². The number of hydrogen-bond acceptors (Lipinski definition) is 5. The monoisotopic (exact) mass is 455 g/mol. The van der Waals surface area contributed by atoms with Crippen LogP contribution in [-0.4, -0.2) is 64.4 Å². The number of aromatic nitrogens is 2. The number of hydrogen-bond donors (Lipinski definition) is 2. The van der Waals surface area contributed by atoms with Crippen molar-refractivity contribution in [3.63, 3.8) is 0 Å². The smallest absolute Gasteiger partial charge is 0.407 e. The van der Waals surface area contributed by atoms with E-state index in [0.29, 0.717) is 31.7 Å². The van der Waals surface area contributed by atoms with Crippen LogP contribution in [-0.2, 0) is 9.53 Å². The first-order chi connectivity index (χ1) is 15.6. The minimum atomic E-state index is -0.569. The van der Waals surface area contributed by atoms with Crippen LogP contribution in [0.25, 0.3) is 5.69 Å². The fourth-order valence-electron chi connectivity index (χ4n) is 3.76. The van der Waals surface area contributed by atoms with Crippen molar-refractivity contribution >= 4 is 17.9 Å². The Hall–Kier alpha value is -3.36. The summed E-state index contributed by atoms with van der Waals surface area (Å²) in [5.41, 5.74) is 1.57. The normalized spacial score (nSPS) is 16.2. The first-order valence-corrected chi connectivity index (χ1v) is 11.3. The summed E-state index contributed by atoms with van der Waals surface area (Å²) in [6.07, 6.45) is 0.946. The van der Waals surface area contributed by atoms with Gasteiger partial charge in [0.1, 0.15) is 5.60 Å². The van der Waals surface area contributed by atoms with Gasteiger partial charge in [0.2, 0.25) is 5.91 Å². The summed E-state index contributed by atoms with van der Waals surface area (Å²) >= 11 is 0. The zero-order valence-electron chi connectivity index (χ0n) is 19.8. The highest BCUT2D eigenvalue weighted by molar-refractivity contribution is 5.93. The van der Waals surface area contributed by atoms with Crippen molar-refractivity contribution < 1.29 is 19.1 Å². The van der Waals surface area contributed by atoms with Crippen molar-refractivity contribution in [3.05, 3.63) is 47.8 Å². The zero-order valence-corrected chi connectivity index (χ0v) is 19.8. The Bertz CT molecular complexity index is 980. The molecule has 1 aromatic heterocycles. The van der Waals surface area contributed by atoms with Crippen molar-refractivity contribution in [2.45, 2.75) is 46.1 Å². The Morgan fingerprint density at radius 1 is 1.12 bits per heavy atom. The summed E-state index contributed by atoms with van der Waals surface area (Å²) in [6.45, 7) is 8.79. The summed E-state index contributed by atoms with van der Waals surface area (Å²) in [5.74, 6) is -0.581. The van der Waals surface area contributed by atoms with Crippen LogP contribution in [0.4, 0.5) is 4.79 Å². The molecule has 2 N–H and O–H groups in total. The molecular formula is C24H33N5O4. The second kappa shape index (κ2) is 10.5. The fourth-order valence-corrected chi connectivity index (χ4v) is 3.76. The van der Waals surface area contributed by atoms with E-state index in [1.165, 1.54) is 0 Å². The summed E-state index contributed by atoms with van der Waals surface area (Å²) in [6, 6.07) is 11.4. The second-order valence-corrected chi connectivity index (χ2v) is 9.23. The van der Waals surface area contributed by atoms with Crippen molar-refractivity contribution in [3.8, 4) is 5.69 Å². The molecule has 1 atom stereocenters. The number of carbonyl (C=O) groups excluding carboxylic acids is 3. The number of rotatable bonds is 6. The van der Waals surface area contributed by atoms with Crippen molar-refractivity contribution in [1.82, 2.24) is 25.3 Å². The number of piperidine rings is 1. The van der Waals surface area contributed by atoms with Gasteiger partial charge in [-0.25, -0.2) is 9.48 Å². The summed E-state index contributed by atoms with van der Waals surface area (Å²) < 4.78 is 6.92. The topological polar surface area (TPSA) is 106 Å². The minimum Gasteiger partial charge on any atom is -0.444 e. The van der Waals surface area contributed by atoms with Gasteiger partial charge >= 0.3 is 6.09 Å². The molecule has 33 heavy (non-hydrogen) atoms. The molecular weight excluding hydrogens is 422 g/mol. The van der Waals surface area contributed by atoms with E-state index in [4.69, 9.17) is 4.74 Å². The molecule has 0 bridgehead atoms. The van der Waals surface area contributed by atoms with Gasteiger partial charge in [0.15, 0.2) is 5.69 Å². The average molecular weight is 456 g/mol. The van der Waals surface area contributed by atoms with Crippen LogP contribution in [0.2, 0.25) is 0 Å². The van der Waals surface area contributed by atoms with E-state index >= 15 is 0 Å². The molecule has 0 spiro atoms. The Labute approximate surface area is 194 Å². The Balaban J connectivity index is 1.51. The molecule has 1 unspecified atom stereocenters. The van der Waals surface area contributed by atoms with Crippen molar-refractivity contribution in [2.24, 2.45) is 5.92 Å². The molecule has 3 amide bonds. The molecule has 2 aromatic rings. The van der Waals surface area contributed by atoms with Crippen LogP contribution < -0.4 is 10.6 Å². The van der Waals surface area contributed by atoms with E-state index in [0.717, 1.165) is 17.8 Å². The molecule has 1 aliphatic rings. The second-order valence-electron chi connectivity index (χ2n) is 9.23. The van der Waals surface area contributed by atoms with E-state index in [2.05, 4.69) is 15.7 Å². The molecule has 1 aliphatic heterocycles. The Morgan fingerprint density at radius 3 is 2.52 bits per heavy atom. The largest absolute Gasteiger partial charge is 0.444 e. The lowest BCUT2D eigenvalue weighted by Gasteiger charge is -2.31. The Kier molecular flexibility index (Phi) is 7.73. The third-order valence-electron chi connectivity index (χ3n) is 5.28. The van der Waals surface area contributed by atoms with Crippen LogP contribution in [0, 0.1) is 12.8 Å². The molecule has 3 rings (SSSR count). The molecule has 9 heteroatoms. The predicted molar refractivity (Wildman–Crippen MR) is 124 cm³/mol. The van der Waals surface area contributed by atoms with Gasteiger partial charge in [0.25, 0.3) is 5.91 Å². The lowest BCUT2D eigenvalue weighted by atomic mass is 9.97. The molecule has 2 heterocycles. The molecule has 178 valence electrons. The highest BCUT2D eigenvalue weighted by atomic mass is 16.6. The molecule has 1 saturated heterocycles. The number of nitrogens with zero attached hydrogens (tertiary/aromatic N) is 3. The molecule has 1 fully saturated rings. The van der Waals surface area contributed by atoms with Crippen LogP contribution in [0.5, 0.6) is 0 Å². The van der Waals surface area contributed by atoms with Gasteiger partial charge in [-0.05, 0) is 58.7 Å². The summed E-state index contributed by atoms with van der Waals surface area (Å²) in [5, 5.41) is 9.95. The number of para-hydroxylation sites is 1. The maximum atomic E-state index is 13.1. The van der Waals surface area contributed by atoms with E-state index in [1.807, 2.05) is 37.3 Å². The third kappa shape index (κ3) is 6.81. The highest BCUT2D eigenvalue weighted by Gasteiger charge is 2.30. The quantitative estimate of drug-likeness (QED) is 0.652. The number of amides is 3. The number of nitrogens with one attached hydrogen (secondary N) is 2. The van der Waals surface area contributed by atoms with Crippen LogP contribution in [0.1, 0.15) is 49.8 Å². The standard InChI is InChI=1S/C24H33N5O4/c1-17-15-20(27-29(17)19-10-6-5-7-11-19)22(31)28-14-8-9-18(16-28)21(30)25-12-13-26-23(32)33-24(2,3)4/h5-7,10-11,15,18H,8-9,12-14,16H2,1-4H3,(H,25,30)(H,26,32). The lowest BCUT2D eigenvalue weighted by molar-refractivity contribution is -0.126. The maximum Gasteiger partial charge on any atom is 0.407 e. The van der Waals surface area contributed by atoms with Gasteiger partial charge in [-0.15, -0.1) is 0 Å². The van der Waals surface area contributed by atoms with Crippen LogP contribution >= 0.6 is 0 Å². The number of likely N-dealkylation sites (tertiary alicyclic amines) is 1. The van der Waals surface area contributed by atoms with Gasteiger partial charge in [-0.1, -0.05) is 18.2 Å². The van der Waals surface area contributed by atoms with Crippen molar-refractivity contribution in [2.75, 3.05) is 26.2 Å². The highest BCUT2D eigenvalue weighted by Crippen LogP contribution is 2.20. The SMILES string of the molecule is Cc1cc(C(=O)N2CCCC(C(=O)NCCNC(=O)OC(C)(C)C)C2)nn1-c1ccccc1. The van der Waals surface area contributed by atoms with Gasteiger partial charge in [-0.2, -0.15) is 5.10 Å². The number of carbonyl (C=O) groups is 3. The lowest BCUT2D eigenvalue weighted by Crippen LogP contribution is -2.46.